The van der Waals surface area contributed by atoms with Crippen LogP contribution in [0.15, 0.2) is 42.0 Å². The molecule has 1 saturated carbocycles. The molecule has 0 radical (unpaired) electrons. The second-order valence-corrected chi connectivity index (χ2v) is 12.2. The van der Waals surface area contributed by atoms with Crippen LogP contribution in [-0.4, -0.2) is 54.9 Å². The number of hydrogen-bond donors (Lipinski definition) is 1. The number of amides is 2. The highest BCUT2D eigenvalue weighted by Gasteiger charge is 2.60. The third-order valence-electron chi connectivity index (χ3n) is 8.74. The second-order valence-electron chi connectivity index (χ2n) is 12.2. The third kappa shape index (κ3) is 6.16. The normalized spacial score (nSPS) is 27.7. The molecular weight excluding hydrogens is 484 g/mol. The zero-order valence-electron chi connectivity index (χ0n) is 24.1. The molecule has 3 rings (SSSR count). The predicted molar refractivity (Wildman–Crippen MR) is 145 cm³/mol. The molecule has 8 heteroatoms. The molecule has 0 aromatic heterocycles. The van der Waals surface area contributed by atoms with E-state index in [0.717, 1.165) is 24.0 Å². The van der Waals surface area contributed by atoms with Crippen LogP contribution in [0.1, 0.15) is 72.8 Å². The van der Waals surface area contributed by atoms with Crippen LogP contribution < -0.4 is 5.32 Å². The Bertz CT molecular complexity index is 1050. The summed E-state index contributed by atoms with van der Waals surface area (Å²) in [7, 11) is 3.16. The predicted octanol–water partition coefficient (Wildman–Crippen LogP) is 5.85. The van der Waals surface area contributed by atoms with Crippen LogP contribution in [0.3, 0.4) is 0 Å². The van der Waals surface area contributed by atoms with E-state index in [4.69, 9.17) is 14.2 Å². The van der Waals surface area contributed by atoms with Gasteiger partial charge in [-0.25, -0.2) is 9.59 Å². The molecule has 0 spiro atoms. The van der Waals surface area contributed by atoms with Crippen molar-refractivity contribution in [3.8, 4) is 0 Å². The van der Waals surface area contributed by atoms with E-state index in [0.29, 0.717) is 12.8 Å². The molecule has 8 nitrogen and oxygen atoms in total. The maximum Gasteiger partial charge on any atom is 0.410 e. The number of carbonyl (C=O) groups is 3. The number of carbonyl (C=O) groups excluding carboxylic acids is 3. The fraction of sp³-hybridized carbons (Fsp3) is 0.633. The lowest BCUT2D eigenvalue weighted by atomic mass is 9.61. The number of allylic oxidation sites excluding steroid dienone is 1. The number of hydrogen-bond acceptors (Lipinski definition) is 6. The van der Waals surface area contributed by atoms with Gasteiger partial charge in [0.05, 0.1) is 13.0 Å². The Morgan fingerprint density at radius 3 is 2.39 bits per heavy atom. The van der Waals surface area contributed by atoms with Gasteiger partial charge in [0.2, 0.25) is 0 Å². The minimum Gasteiger partial charge on any atom is -0.469 e. The van der Waals surface area contributed by atoms with E-state index < -0.39 is 29.1 Å². The zero-order chi connectivity index (χ0) is 28.3. The molecule has 0 heterocycles. The topological polar surface area (TPSA) is 94.2 Å². The lowest BCUT2D eigenvalue weighted by molar-refractivity contribution is -0.143. The number of alkyl carbamates (subject to hydrolysis) is 1. The molecule has 1 fully saturated rings. The van der Waals surface area contributed by atoms with Gasteiger partial charge in [0.15, 0.2) is 0 Å². The van der Waals surface area contributed by atoms with Crippen molar-refractivity contribution in [1.29, 1.82) is 0 Å². The summed E-state index contributed by atoms with van der Waals surface area (Å²) in [5.74, 6) is -0.751. The minimum atomic E-state index is -0.638. The maximum atomic E-state index is 13.3. The van der Waals surface area contributed by atoms with Gasteiger partial charge in [-0.3, -0.25) is 4.79 Å². The number of nitrogens with zero attached hydrogens (tertiary/aromatic N) is 1. The number of fused-ring (bicyclic) bond motifs is 1. The molecule has 1 unspecified atom stereocenters. The van der Waals surface area contributed by atoms with Crippen molar-refractivity contribution in [2.24, 2.45) is 16.7 Å². The van der Waals surface area contributed by atoms with Crippen LogP contribution >= 0.6 is 0 Å². The average molecular weight is 529 g/mol. The largest absolute Gasteiger partial charge is 0.469 e. The molecule has 2 aliphatic carbocycles. The molecule has 1 aromatic rings. The van der Waals surface area contributed by atoms with Crippen molar-refractivity contribution in [2.75, 3.05) is 14.2 Å². The van der Waals surface area contributed by atoms with Crippen LogP contribution in [0, 0.1) is 16.7 Å². The van der Waals surface area contributed by atoms with Gasteiger partial charge in [-0.1, -0.05) is 55.8 Å². The Kier molecular flexibility index (Phi) is 8.84. The first-order valence-electron chi connectivity index (χ1n) is 13.4. The Morgan fingerprint density at radius 2 is 1.79 bits per heavy atom. The number of ether oxygens (including phenoxy) is 3. The molecule has 38 heavy (non-hydrogen) atoms. The summed E-state index contributed by atoms with van der Waals surface area (Å²) in [5.41, 5.74) is 0.435. The van der Waals surface area contributed by atoms with Gasteiger partial charge in [-0.2, -0.15) is 0 Å². The Labute approximate surface area is 227 Å². The van der Waals surface area contributed by atoms with Crippen LogP contribution in [0.2, 0.25) is 0 Å². The number of esters is 1. The molecule has 0 saturated heterocycles. The number of rotatable bonds is 6. The maximum absolute atomic E-state index is 13.3. The summed E-state index contributed by atoms with van der Waals surface area (Å²) in [6, 6.07) is 9.14. The summed E-state index contributed by atoms with van der Waals surface area (Å²) in [6.07, 6.45) is 3.94. The molecule has 0 bridgehead atoms. The van der Waals surface area contributed by atoms with E-state index in [1.165, 1.54) is 7.11 Å². The summed E-state index contributed by atoms with van der Waals surface area (Å²) >= 11 is 0. The molecule has 0 aliphatic heterocycles. The Morgan fingerprint density at radius 1 is 1.13 bits per heavy atom. The smallest absolute Gasteiger partial charge is 0.410 e. The van der Waals surface area contributed by atoms with E-state index >= 15 is 0 Å². The number of benzene rings is 1. The highest BCUT2D eigenvalue weighted by molar-refractivity contribution is 5.75. The summed E-state index contributed by atoms with van der Waals surface area (Å²) in [6.45, 7) is 11.9. The van der Waals surface area contributed by atoms with Crippen molar-refractivity contribution in [2.45, 2.75) is 91.5 Å². The van der Waals surface area contributed by atoms with Gasteiger partial charge < -0.3 is 24.4 Å². The quantitative estimate of drug-likeness (QED) is 0.283. The molecule has 1 aromatic carbocycles. The third-order valence-corrected chi connectivity index (χ3v) is 8.74. The first-order chi connectivity index (χ1) is 17.7. The van der Waals surface area contributed by atoms with Gasteiger partial charge in [0, 0.05) is 19.1 Å². The van der Waals surface area contributed by atoms with E-state index in [2.05, 4.69) is 25.2 Å². The highest BCUT2D eigenvalue weighted by Crippen LogP contribution is 2.60. The Balaban J connectivity index is 1.90. The molecule has 2 amide bonds. The Hall–Kier alpha value is -3.03. The van der Waals surface area contributed by atoms with E-state index in [1.54, 1.807) is 11.9 Å². The first-order valence-corrected chi connectivity index (χ1v) is 13.4. The molecular formula is C30H44N2O6. The van der Waals surface area contributed by atoms with Crippen molar-refractivity contribution >= 4 is 18.2 Å². The zero-order valence-corrected chi connectivity index (χ0v) is 24.1. The van der Waals surface area contributed by atoms with Gasteiger partial charge in [0.25, 0.3) is 0 Å². The standard InChI is InChI=1S/C30H44N2O6/c1-20(25(33)36-8)22-14-16-29(5)23(31-26(34)37-19-21-12-10-9-11-13-21)15-17-30(29,6)24(18-22)32(7)27(35)38-28(2,3)4/h9-14,20,23-24H,15-19H2,1-8H3,(H,31,34)/t20?,23-,24+,29-,30-/m1/s1. The summed E-state index contributed by atoms with van der Waals surface area (Å²) in [4.78, 5) is 40.3. The van der Waals surface area contributed by atoms with E-state index in [1.807, 2.05) is 58.0 Å². The number of nitrogens with one attached hydrogen (secondary N) is 1. The summed E-state index contributed by atoms with van der Waals surface area (Å²) < 4.78 is 16.3. The lowest BCUT2D eigenvalue weighted by Gasteiger charge is -2.50. The highest BCUT2D eigenvalue weighted by atomic mass is 16.6. The molecule has 210 valence electrons. The number of methoxy groups -OCH3 is 1. The van der Waals surface area contributed by atoms with Gasteiger partial charge in [0.1, 0.15) is 12.2 Å². The molecule has 5 atom stereocenters. The first kappa shape index (κ1) is 29.5. The fourth-order valence-electron chi connectivity index (χ4n) is 6.09. The van der Waals surface area contributed by atoms with E-state index in [-0.39, 0.29) is 30.1 Å². The van der Waals surface area contributed by atoms with E-state index in [9.17, 15) is 14.4 Å². The van der Waals surface area contributed by atoms with Crippen molar-refractivity contribution in [3.05, 3.63) is 47.5 Å². The van der Waals surface area contributed by atoms with Gasteiger partial charge in [-0.15, -0.1) is 0 Å². The van der Waals surface area contributed by atoms with Crippen LogP contribution in [0.5, 0.6) is 0 Å². The SMILES string of the molecule is COC(=O)C(C)C1=CC[C@]2(C)[C@H](NC(=O)OCc3ccccc3)CC[C@]2(C)[C@@H](N(C)C(=O)OC(C)(C)C)C1. The molecule has 2 aliphatic rings. The lowest BCUT2D eigenvalue weighted by Crippen LogP contribution is -2.56. The van der Waals surface area contributed by atoms with Crippen molar-refractivity contribution < 1.29 is 28.6 Å². The fourth-order valence-corrected chi connectivity index (χ4v) is 6.09. The van der Waals surface area contributed by atoms with Crippen molar-refractivity contribution in [1.82, 2.24) is 10.2 Å². The van der Waals surface area contributed by atoms with Crippen LogP contribution in [0.25, 0.3) is 0 Å². The van der Waals surface area contributed by atoms with Gasteiger partial charge >= 0.3 is 18.2 Å². The van der Waals surface area contributed by atoms with Crippen LogP contribution in [-0.2, 0) is 25.6 Å². The van der Waals surface area contributed by atoms with Gasteiger partial charge in [-0.05, 0) is 69.8 Å². The average Bonchev–Trinajstić information content (AvgIpc) is 3.04. The summed E-state index contributed by atoms with van der Waals surface area (Å²) in [5, 5.41) is 3.13. The minimum absolute atomic E-state index is 0.172. The second kappa shape index (κ2) is 11.4. The van der Waals surface area contributed by atoms with Crippen molar-refractivity contribution in [3.63, 3.8) is 0 Å². The van der Waals surface area contributed by atoms with Crippen LogP contribution in [0.4, 0.5) is 9.59 Å². The molecule has 1 N–H and O–H groups in total. The monoisotopic (exact) mass is 528 g/mol.